The molecule has 21 heavy (non-hydrogen) atoms. The van der Waals surface area contributed by atoms with E-state index in [-0.39, 0.29) is 0 Å². The van der Waals surface area contributed by atoms with Gasteiger partial charge in [0.25, 0.3) is 0 Å². The molecule has 1 fully saturated rings. The zero-order chi connectivity index (χ0) is 14.5. The van der Waals surface area contributed by atoms with Crippen LogP contribution in [0.2, 0.25) is 0 Å². The highest BCUT2D eigenvalue weighted by atomic mass is 16.5. The van der Waals surface area contributed by atoms with Crippen LogP contribution in [0.5, 0.6) is 5.75 Å². The number of fused-ring (bicyclic) bond motifs is 1. The van der Waals surface area contributed by atoms with E-state index < -0.39 is 0 Å². The van der Waals surface area contributed by atoms with Gasteiger partial charge in [0.05, 0.1) is 6.61 Å². The molecular formula is C19H29NO. The van der Waals surface area contributed by atoms with Crippen molar-refractivity contribution in [2.24, 2.45) is 5.92 Å². The molecule has 1 heterocycles. The highest BCUT2D eigenvalue weighted by Crippen LogP contribution is 2.29. The fraction of sp³-hybridized carbons (Fsp3) is 0.684. The third-order valence-corrected chi connectivity index (χ3v) is 5.34. The second-order valence-corrected chi connectivity index (χ2v) is 6.73. The quantitative estimate of drug-likeness (QED) is 0.823. The monoisotopic (exact) mass is 287 g/mol. The molecule has 1 aromatic carbocycles. The first-order chi connectivity index (χ1) is 10.4. The number of rotatable bonds is 5. The lowest BCUT2D eigenvalue weighted by molar-refractivity contribution is 0.319. The van der Waals surface area contributed by atoms with Crippen LogP contribution < -0.4 is 10.1 Å². The van der Waals surface area contributed by atoms with Gasteiger partial charge >= 0.3 is 0 Å². The van der Waals surface area contributed by atoms with Crippen molar-refractivity contribution in [1.82, 2.24) is 5.32 Å². The summed E-state index contributed by atoms with van der Waals surface area (Å²) < 4.78 is 5.60. The first-order valence-corrected chi connectivity index (χ1v) is 8.78. The van der Waals surface area contributed by atoms with E-state index in [1.165, 1.54) is 62.5 Å². The van der Waals surface area contributed by atoms with Gasteiger partial charge in [0.2, 0.25) is 0 Å². The Morgan fingerprint density at radius 2 is 2.00 bits per heavy atom. The summed E-state index contributed by atoms with van der Waals surface area (Å²) in [7, 11) is 2.14. The fourth-order valence-electron chi connectivity index (χ4n) is 4.05. The molecule has 2 aliphatic rings. The van der Waals surface area contributed by atoms with Crippen LogP contribution in [0.3, 0.4) is 0 Å². The van der Waals surface area contributed by atoms with Gasteiger partial charge in [-0.15, -0.1) is 0 Å². The number of ether oxygens (including phenoxy) is 1. The number of hydrogen-bond donors (Lipinski definition) is 1. The first kappa shape index (κ1) is 14.9. The summed E-state index contributed by atoms with van der Waals surface area (Å²) in [4.78, 5) is 0. The molecule has 1 aliphatic heterocycles. The Hall–Kier alpha value is -1.02. The van der Waals surface area contributed by atoms with Gasteiger partial charge in [-0.1, -0.05) is 37.8 Å². The normalized spacial score (nSPS) is 20.6. The molecule has 1 atom stereocenters. The molecule has 0 bridgehead atoms. The van der Waals surface area contributed by atoms with Gasteiger partial charge in [0, 0.05) is 12.5 Å². The Labute approximate surface area is 129 Å². The summed E-state index contributed by atoms with van der Waals surface area (Å²) in [5.74, 6) is 1.99. The highest BCUT2D eigenvalue weighted by Gasteiger charge is 2.21. The summed E-state index contributed by atoms with van der Waals surface area (Å²) in [6, 6.07) is 7.47. The Kier molecular flexibility index (Phi) is 5.18. The molecule has 1 saturated carbocycles. The standard InChI is InChI=1S/C19H29NO/c1-20-18(16-6-4-2-3-5-7-16)10-8-15-9-11-19-17(14-15)12-13-21-19/h9,11,14,16,18,20H,2-8,10,12-13H2,1H3. The largest absolute Gasteiger partial charge is 0.493 e. The topological polar surface area (TPSA) is 21.3 Å². The number of nitrogens with one attached hydrogen (secondary N) is 1. The number of aryl methyl sites for hydroxylation is 1. The number of hydrogen-bond acceptors (Lipinski definition) is 2. The molecule has 3 rings (SSSR count). The average molecular weight is 287 g/mol. The maximum atomic E-state index is 5.60. The first-order valence-electron chi connectivity index (χ1n) is 8.78. The zero-order valence-electron chi connectivity index (χ0n) is 13.4. The van der Waals surface area contributed by atoms with Crippen molar-refractivity contribution in [3.63, 3.8) is 0 Å². The molecule has 0 spiro atoms. The van der Waals surface area contributed by atoms with Crippen LogP contribution in [0.25, 0.3) is 0 Å². The molecular weight excluding hydrogens is 258 g/mol. The Bertz CT molecular complexity index is 449. The van der Waals surface area contributed by atoms with Gasteiger partial charge in [-0.05, 0) is 55.8 Å². The third-order valence-electron chi connectivity index (χ3n) is 5.34. The van der Waals surface area contributed by atoms with Gasteiger partial charge in [0.15, 0.2) is 0 Å². The molecule has 116 valence electrons. The van der Waals surface area contributed by atoms with Crippen molar-refractivity contribution in [2.75, 3.05) is 13.7 Å². The molecule has 1 aliphatic carbocycles. The zero-order valence-corrected chi connectivity index (χ0v) is 13.4. The second-order valence-electron chi connectivity index (χ2n) is 6.73. The van der Waals surface area contributed by atoms with Gasteiger partial charge in [-0.25, -0.2) is 0 Å². The molecule has 1 aromatic rings. The van der Waals surface area contributed by atoms with Crippen LogP contribution in [-0.2, 0) is 12.8 Å². The Morgan fingerprint density at radius 3 is 2.76 bits per heavy atom. The molecule has 1 N–H and O–H groups in total. The van der Waals surface area contributed by atoms with Crippen LogP contribution in [0.4, 0.5) is 0 Å². The van der Waals surface area contributed by atoms with E-state index in [1.807, 2.05) is 0 Å². The van der Waals surface area contributed by atoms with E-state index in [4.69, 9.17) is 4.74 Å². The summed E-state index contributed by atoms with van der Waals surface area (Å²) in [5, 5.41) is 3.60. The summed E-state index contributed by atoms with van der Waals surface area (Å²) >= 11 is 0. The van der Waals surface area contributed by atoms with Gasteiger partial charge in [-0.3, -0.25) is 0 Å². The minimum absolute atomic E-state index is 0.688. The fourth-order valence-corrected chi connectivity index (χ4v) is 4.05. The van der Waals surface area contributed by atoms with Crippen LogP contribution in [0, 0.1) is 5.92 Å². The summed E-state index contributed by atoms with van der Waals surface area (Å²) in [6.07, 6.45) is 12.1. The molecule has 0 aromatic heterocycles. The van der Waals surface area contributed by atoms with E-state index in [1.54, 1.807) is 0 Å². The van der Waals surface area contributed by atoms with E-state index >= 15 is 0 Å². The lowest BCUT2D eigenvalue weighted by Crippen LogP contribution is -2.33. The minimum Gasteiger partial charge on any atom is -0.493 e. The predicted molar refractivity (Wildman–Crippen MR) is 88.0 cm³/mol. The van der Waals surface area contributed by atoms with Crippen molar-refractivity contribution in [1.29, 1.82) is 0 Å². The molecule has 0 amide bonds. The number of benzene rings is 1. The van der Waals surface area contributed by atoms with E-state index in [9.17, 15) is 0 Å². The van der Waals surface area contributed by atoms with Crippen LogP contribution in [-0.4, -0.2) is 19.7 Å². The molecule has 0 radical (unpaired) electrons. The van der Waals surface area contributed by atoms with E-state index in [2.05, 4.69) is 30.6 Å². The maximum absolute atomic E-state index is 5.60. The van der Waals surface area contributed by atoms with Crippen LogP contribution in [0.15, 0.2) is 18.2 Å². The SMILES string of the molecule is CNC(CCc1ccc2c(c1)CCO2)C1CCCCCC1. The van der Waals surface area contributed by atoms with Crippen molar-refractivity contribution < 1.29 is 4.74 Å². The van der Waals surface area contributed by atoms with E-state index in [0.29, 0.717) is 6.04 Å². The molecule has 1 unspecified atom stereocenters. The third kappa shape index (κ3) is 3.79. The summed E-state index contributed by atoms with van der Waals surface area (Å²) in [5.41, 5.74) is 2.89. The van der Waals surface area contributed by atoms with Crippen LogP contribution >= 0.6 is 0 Å². The summed E-state index contributed by atoms with van der Waals surface area (Å²) in [6.45, 7) is 0.861. The maximum Gasteiger partial charge on any atom is 0.122 e. The molecule has 2 nitrogen and oxygen atoms in total. The van der Waals surface area contributed by atoms with Crippen LogP contribution in [0.1, 0.15) is 56.1 Å². The molecule has 0 saturated heterocycles. The van der Waals surface area contributed by atoms with Crippen molar-refractivity contribution in [3.8, 4) is 5.75 Å². The van der Waals surface area contributed by atoms with Crippen molar-refractivity contribution in [3.05, 3.63) is 29.3 Å². The Balaban J connectivity index is 1.57. The van der Waals surface area contributed by atoms with E-state index in [0.717, 1.165) is 24.7 Å². The molecule has 2 heteroatoms. The highest BCUT2D eigenvalue weighted by molar-refractivity contribution is 5.39. The lowest BCUT2D eigenvalue weighted by Gasteiger charge is -2.26. The average Bonchev–Trinajstić information content (AvgIpc) is 2.81. The van der Waals surface area contributed by atoms with Crippen molar-refractivity contribution >= 4 is 0 Å². The van der Waals surface area contributed by atoms with Gasteiger partial charge in [-0.2, -0.15) is 0 Å². The van der Waals surface area contributed by atoms with Gasteiger partial charge in [0.1, 0.15) is 5.75 Å². The smallest absolute Gasteiger partial charge is 0.122 e. The van der Waals surface area contributed by atoms with Crippen molar-refractivity contribution in [2.45, 2.75) is 63.8 Å². The Morgan fingerprint density at radius 1 is 1.19 bits per heavy atom. The minimum atomic E-state index is 0.688. The van der Waals surface area contributed by atoms with Gasteiger partial charge < -0.3 is 10.1 Å². The lowest BCUT2D eigenvalue weighted by atomic mass is 9.88. The second kappa shape index (κ2) is 7.31. The predicted octanol–water partition coefficient (Wildman–Crippen LogP) is 4.11.